The smallest absolute Gasteiger partial charge is 0.0701 e. The van der Waals surface area contributed by atoms with Crippen molar-refractivity contribution in [2.45, 2.75) is 26.3 Å². The van der Waals surface area contributed by atoms with E-state index in [-0.39, 0.29) is 6.04 Å². The molecule has 1 N–H and O–H groups in total. The zero-order chi connectivity index (χ0) is 14.7. The third-order valence-corrected chi connectivity index (χ3v) is 4.11. The highest BCUT2D eigenvalue weighted by Crippen LogP contribution is 2.32. The second-order valence-corrected chi connectivity index (χ2v) is 5.47. The van der Waals surface area contributed by atoms with E-state index in [1.807, 2.05) is 0 Å². The van der Waals surface area contributed by atoms with E-state index in [0.717, 1.165) is 6.42 Å². The molecular weight excluding hydrogens is 254 g/mol. The van der Waals surface area contributed by atoms with Crippen molar-refractivity contribution in [1.29, 1.82) is 0 Å². The van der Waals surface area contributed by atoms with Crippen molar-refractivity contribution < 1.29 is 0 Å². The van der Waals surface area contributed by atoms with Gasteiger partial charge in [0.05, 0.1) is 6.04 Å². The Kier molecular flexibility index (Phi) is 3.92. The minimum Gasteiger partial charge on any atom is -0.380 e. The van der Waals surface area contributed by atoms with Crippen LogP contribution in [0.3, 0.4) is 0 Å². The first-order valence-corrected chi connectivity index (χ1v) is 7.58. The summed E-state index contributed by atoms with van der Waals surface area (Å²) in [5.41, 5.74) is 6.68. The van der Waals surface area contributed by atoms with Crippen molar-refractivity contribution in [3.63, 3.8) is 0 Å². The van der Waals surface area contributed by atoms with Crippen LogP contribution in [0.2, 0.25) is 0 Å². The van der Waals surface area contributed by atoms with Gasteiger partial charge in [-0.25, -0.2) is 0 Å². The van der Waals surface area contributed by atoms with Crippen molar-refractivity contribution in [2.24, 2.45) is 0 Å². The summed E-state index contributed by atoms with van der Waals surface area (Å²) in [5, 5.41) is 3.55. The average molecular weight is 275 g/mol. The number of allylic oxidation sites excluding steroid dienone is 2. The lowest BCUT2D eigenvalue weighted by molar-refractivity contribution is 0.733. The lowest BCUT2D eigenvalue weighted by atomic mass is 9.90. The fourth-order valence-corrected chi connectivity index (χ4v) is 2.91. The monoisotopic (exact) mass is 275 g/mol. The van der Waals surface area contributed by atoms with E-state index in [2.05, 4.69) is 86.0 Å². The maximum atomic E-state index is 3.55. The molecule has 0 saturated carbocycles. The van der Waals surface area contributed by atoms with Gasteiger partial charge in [0.15, 0.2) is 0 Å². The largest absolute Gasteiger partial charge is 0.380 e. The van der Waals surface area contributed by atoms with Crippen LogP contribution < -0.4 is 5.32 Å². The maximum absolute atomic E-state index is 3.55. The molecule has 1 unspecified atom stereocenters. The Morgan fingerprint density at radius 2 is 1.67 bits per heavy atom. The zero-order valence-corrected chi connectivity index (χ0v) is 12.6. The van der Waals surface area contributed by atoms with Gasteiger partial charge in [0.25, 0.3) is 0 Å². The molecular formula is C20H21N. The first-order valence-electron chi connectivity index (χ1n) is 7.58. The quantitative estimate of drug-likeness (QED) is 0.829. The van der Waals surface area contributed by atoms with Crippen LogP contribution in [0.4, 0.5) is 0 Å². The highest BCUT2D eigenvalue weighted by atomic mass is 14.9. The highest BCUT2D eigenvalue weighted by molar-refractivity contribution is 5.80. The van der Waals surface area contributed by atoms with E-state index in [0.29, 0.717) is 0 Å². The Hall–Kier alpha value is -2.28. The summed E-state index contributed by atoms with van der Waals surface area (Å²) >= 11 is 0. The fourth-order valence-electron chi connectivity index (χ4n) is 2.91. The molecule has 0 spiro atoms. The van der Waals surface area contributed by atoms with Crippen molar-refractivity contribution in [3.05, 3.63) is 89.1 Å². The average Bonchev–Trinajstić information content (AvgIpc) is 2.55. The Balaban J connectivity index is 1.94. The van der Waals surface area contributed by atoms with Gasteiger partial charge in [0.1, 0.15) is 0 Å². The molecule has 1 heteroatoms. The van der Waals surface area contributed by atoms with Crippen LogP contribution in [0, 0.1) is 6.92 Å². The number of aryl methyl sites for hydroxylation is 1. The minimum absolute atomic E-state index is 0.272. The van der Waals surface area contributed by atoms with Crippen LogP contribution in [-0.4, -0.2) is 0 Å². The lowest BCUT2D eigenvalue weighted by Crippen LogP contribution is -2.19. The molecule has 1 atom stereocenters. The van der Waals surface area contributed by atoms with E-state index in [1.165, 1.54) is 27.8 Å². The van der Waals surface area contributed by atoms with Crippen LogP contribution >= 0.6 is 0 Å². The first-order chi connectivity index (χ1) is 10.3. The maximum Gasteiger partial charge on any atom is 0.0701 e. The molecule has 2 aromatic rings. The molecule has 1 nitrogen and oxygen atoms in total. The van der Waals surface area contributed by atoms with Crippen molar-refractivity contribution in [3.8, 4) is 0 Å². The van der Waals surface area contributed by atoms with Gasteiger partial charge in [-0.1, -0.05) is 67.6 Å². The van der Waals surface area contributed by atoms with E-state index in [4.69, 9.17) is 0 Å². The molecule has 3 rings (SSSR count). The van der Waals surface area contributed by atoms with Gasteiger partial charge in [-0.05, 0) is 35.6 Å². The Morgan fingerprint density at radius 1 is 0.952 bits per heavy atom. The molecule has 0 aromatic heterocycles. The van der Waals surface area contributed by atoms with Crippen LogP contribution in [0.5, 0.6) is 0 Å². The standard InChI is InChI=1S/C20H21N/c1-3-16-13-20(18-12-8-7-9-15(18)2)21-14-19(16)17-10-5-4-6-11-17/h4-14,20-21H,3H2,1-2H3. The summed E-state index contributed by atoms with van der Waals surface area (Å²) in [4.78, 5) is 0. The predicted molar refractivity (Wildman–Crippen MR) is 89.8 cm³/mol. The fraction of sp³-hybridized carbons (Fsp3) is 0.200. The molecule has 0 bridgehead atoms. The van der Waals surface area contributed by atoms with Gasteiger partial charge in [-0.3, -0.25) is 0 Å². The van der Waals surface area contributed by atoms with Crippen molar-refractivity contribution >= 4 is 5.57 Å². The first kappa shape index (κ1) is 13.7. The molecule has 1 heterocycles. The molecule has 1 aliphatic rings. The number of hydrogen-bond donors (Lipinski definition) is 1. The van der Waals surface area contributed by atoms with E-state index in [1.54, 1.807) is 0 Å². The lowest BCUT2D eigenvalue weighted by Gasteiger charge is -2.25. The predicted octanol–water partition coefficient (Wildman–Crippen LogP) is 5.02. The van der Waals surface area contributed by atoms with Gasteiger partial charge in [0, 0.05) is 11.8 Å². The summed E-state index contributed by atoms with van der Waals surface area (Å²) in [6, 6.07) is 19.5. The highest BCUT2D eigenvalue weighted by Gasteiger charge is 2.17. The van der Waals surface area contributed by atoms with Gasteiger partial charge < -0.3 is 5.32 Å². The van der Waals surface area contributed by atoms with Crippen LogP contribution in [-0.2, 0) is 0 Å². The third-order valence-electron chi connectivity index (χ3n) is 4.11. The summed E-state index contributed by atoms with van der Waals surface area (Å²) < 4.78 is 0. The normalized spacial score (nSPS) is 17.7. The molecule has 1 aliphatic heterocycles. The molecule has 0 aliphatic carbocycles. The number of rotatable bonds is 3. The van der Waals surface area contributed by atoms with E-state index < -0.39 is 0 Å². The summed E-state index contributed by atoms with van der Waals surface area (Å²) in [5.74, 6) is 0. The summed E-state index contributed by atoms with van der Waals surface area (Å²) in [6.45, 7) is 4.40. The van der Waals surface area contributed by atoms with Crippen LogP contribution in [0.15, 0.2) is 72.4 Å². The summed E-state index contributed by atoms with van der Waals surface area (Å²) in [6.07, 6.45) is 5.58. The van der Waals surface area contributed by atoms with Crippen LogP contribution in [0.1, 0.15) is 36.1 Å². The molecule has 0 saturated heterocycles. The van der Waals surface area contributed by atoms with E-state index >= 15 is 0 Å². The van der Waals surface area contributed by atoms with Crippen molar-refractivity contribution in [2.75, 3.05) is 0 Å². The van der Waals surface area contributed by atoms with Crippen molar-refractivity contribution in [1.82, 2.24) is 5.32 Å². The second-order valence-electron chi connectivity index (χ2n) is 5.47. The van der Waals surface area contributed by atoms with Gasteiger partial charge in [-0.15, -0.1) is 0 Å². The Labute approximate surface area is 127 Å². The second kappa shape index (κ2) is 6.01. The topological polar surface area (TPSA) is 12.0 Å². The SMILES string of the molecule is CCC1=CC(c2ccccc2C)NC=C1c1ccccc1. The molecule has 106 valence electrons. The third kappa shape index (κ3) is 2.78. The van der Waals surface area contributed by atoms with Crippen LogP contribution in [0.25, 0.3) is 5.57 Å². The Bertz CT molecular complexity index is 680. The van der Waals surface area contributed by atoms with Gasteiger partial charge in [-0.2, -0.15) is 0 Å². The Morgan fingerprint density at radius 3 is 2.38 bits per heavy atom. The number of dihydropyridines is 1. The molecule has 0 amide bonds. The summed E-state index contributed by atoms with van der Waals surface area (Å²) in [7, 11) is 0. The zero-order valence-electron chi connectivity index (χ0n) is 12.6. The number of nitrogens with one attached hydrogen (secondary N) is 1. The number of hydrogen-bond acceptors (Lipinski definition) is 1. The molecule has 0 radical (unpaired) electrons. The molecule has 0 fully saturated rings. The number of benzene rings is 2. The van der Waals surface area contributed by atoms with Gasteiger partial charge in [0.2, 0.25) is 0 Å². The van der Waals surface area contributed by atoms with Gasteiger partial charge >= 0.3 is 0 Å². The minimum atomic E-state index is 0.272. The van der Waals surface area contributed by atoms with E-state index in [9.17, 15) is 0 Å². The molecule has 2 aromatic carbocycles. The molecule has 21 heavy (non-hydrogen) atoms.